The highest BCUT2D eigenvalue weighted by Crippen LogP contribution is 2.14. The molecule has 2 aromatic rings. The van der Waals surface area contributed by atoms with Crippen LogP contribution < -0.4 is 5.32 Å². The Hall–Kier alpha value is -1.75. The lowest BCUT2D eigenvalue weighted by molar-refractivity contribution is 0.566. The molecule has 0 fully saturated rings. The van der Waals surface area contributed by atoms with Gasteiger partial charge in [0.1, 0.15) is 17.5 Å². The summed E-state index contributed by atoms with van der Waals surface area (Å²) in [6, 6.07) is 3.65. The molecule has 5 heteroatoms. The molecule has 0 amide bonds. The second-order valence-electron chi connectivity index (χ2n) is 4.41. The zero-order valence-corrected chi connectivity index (χ0v) is 10.9. The van der Waals surface area contributed by atoms with E-state index in [1.54, 1.807) is 6.20 Å². The average Bonchev–Trinajstić information content (AvgIpc) is 2.81. The molecule has 1 aromatic carbocycles. The second-order valence-corrected chi connectivity index (χ2v) is 4.41. The summed E-state index contributed by atoms with van der Waals surface area (Å²) in [5.41, 5.74) is 0.461. The van der Waals surface area contributed by atoms with Gasteiger partial charge in [-0.3, -0.25) is 0 Å². The minimum absolute atomic E-state index is 0.374. The normalized spacial score (nSPS) is 10.9. The van der Waals surface area contributed by atoms with Crippen molar-refractivity contribution in [1.29, 1.82) is 0 Å². The number of hydrogen-bond donors (Lipinski definition) is 1. The van der Waals surface area contributed by atoms with Gasteiger partial charge in [0.05, 0.1) is 0 Å². The van der Waals surface area contributed by atoms with Crippen molar-refractivity contribution in [2.75, 3.05) is 13.6 Å². The third-order valence-electron chi connectivity index (χ3n) is 2.99. The highest BCUT2D eigenvalue weighted by atomic mass is 19.1. The van der Waals surface area contributed by atoms with Gasteiger partial charge in [-0.15, -0.1) is 0 Å². The molecule has 0 bridgehead atoms. The molecule has 0 aliphatic heterocycles. The van der Waals surface area contributed by atoms with Gasteiger partial charge in [-0.05, 0) is 31.6 Å². The van der Waals surface area contributed by atoms with E-state index in [0.29, 0.717) is 12.0 Å². The van der Waals surface area contributed by atoms with Crippen LogP contribution >= 0.6 is 0 Å². The van der Waals surface area contributed by atoms with Gasteiger partial charge in [0.25, 0.3) is 0 Å². The van der Waals surface area contributed by atoms with Crippen molar-refractivity contribution in [2.24, 2.45) is 0 Å². The molecule has 1 heterocycles. The van der Waals surface area contributed by atoms with Crippen LogP contribution in [0.1, 0.15) is 17.8 Å². The molecule has 102 valence electrons. The fourth-order valence-electron chi connectivity index (χ4n) is 1.97. The number of hydrogen-bond acceptors (Lipinski definition) is 2. The van der Waals surface area contributed by atoms with E-state index in [-0.39, 0.29) is 0 Å². The standard InChI is InChI=1S/C14H17F2N3/c1-17-5-2-7-19-8-6-18-14(19)9-11-3-4-12(15)10-13(11)16/h3-4,6,8,10,17H,2,5,7,9H2,1H3. The topological polar surface area (TPSA) is 29.9 Å². The Kier molecular flexibility index (Phi) is 4.63. The first-order chi connectivity index (χ1) is 9.20. The molecule has 1 N–H and O–H groups in total. The van der Waals surface area contributed by atoms with Crippen LogP contribution in [0.2, 0.25) is 0 Å². The first kappa shape index (κ1) is 13.7. The molecule has 0 atom stereocenters. The average molecular weight is 265 g/mol. The van der Waals surface area contributed by atoms with Gasteiger partial charge in [0.2, 0.25) is 0 Å². The number of imidazole rings is 1. The molecule has 19 heavy (non-hydrogen) atoms. The molecule has 0 spiro atoms. The maximum Gasteiger partial charge on any atom is 0.129 e. The van der Waals surface area contributed by atoms with Crippen molar-refractivity contribution in [1.82, 2.24) is 14.9 Å². The van der Waals surface area contributed by atoms with Gasteiger partial charge in [-0.1, -0.05) is 6.07 Å². The summed E-state index contributed by atoms with van der Waals surface area (Å²) in [5.74, 6) is -0.287. The first-order valence-electron chi connectivity index (χ1n) is 6.29. The summed E-state index contributed by atoms with van der Waals surface area (Å²) in [6.07, 6.45) is 4.94. The summed E-state index contributed by atoms with van der Waals surface area (Å²) < 4.78 is 28.4. The maximum absolute atomic E-state index is 13.6. The molecule has 1 aromatic heterocycles. The maximum atomic E-state index is 13.6. The molecule has 3 nitrogen and oxygen atoms in total. The summed E-state index contributed by atoms with van der Waals surface area (Å²) >= 11 is 0. The smallest absolute Gasteiger partial charge is 0.129 e. The van der Waals surface area contributed by atoms with E-state index in [4.69, 9.17) is 0 Å². The zero-order chi connectivity index (χ0) is 13.7. The van der Waals surface area contributed by atoms with Crippen molar-refractivity contribution in [3.63, 3.8) is 0 Å². The molecule has 0 saturated carbocycles. The van der Waals surface area contributed by atoms with Gasteiger partial charge < -0.3 is 9.88 Å². The van der Waals surface area contributed by atoms with Crippen molar-refractivity contribution in [3.05, 3.63) is 53.6 Å². The minimum atomic E-state index is -0.557. The Morgan fingerprint density at radius 3 is 2.89 bits per heavy atom. The Morgan fingerprint density at radius 2 is 2.16 bits per heavy atom. The molecule has 0 aliphatic rings. The minimum Gasteiger partial charge on any atom is -0.335 e. The number of nitrogens with one attached hydrogen (secondary N) is 1. The highest BCUT2D eigenvalue weighted by molar-refractivity contribution is 5.22. The predicted octanol–water partition coefficient (Wildman–Crippen LogP) is 2.36. The van der Waals surface area contributed by atoms with E-state index in [0.717, 1.165) is 31.4 Å². The Balaban J connectivity index is 2.08. The molecule has 0 saturated heterocycles. The van der Waals surface area contributed by atoms with Crippen LogP contribution in [0.3, 0.4) is 0 Å². The molecule has 0 aliphatic carbocycles. The van der Waals surface area contributed by atoms with Gasteiger partial charge in [0.15, 0.2) is 0 Å². The molecule has 0 unspecified atom stereocenters. The number of rotatable bonds is 6. The largest absolute Gasteiger partial charge is 0.335 e. The summed E-state index contributed by atoms with van der Waals surface area (Å²) in [6.45, 7) is 1.75. The van der Waals surface area contributed by atoms with E-state index < -0.39 is 11.6 Å². The molecule has 2 rings (SSSR count). The lowest BCUT2D eigenvalue weighted by atomic mass is 10.1. The third-order valence-corrected chi connectivity index (χ3v) is 2.99. The van der Waals surface area contributed by atoms with E-state index >= 15 is 0 Å². The monoisotopic (exact) mass is 265 g/mol. The van der Waals surface area contributed by atoms with Crippen LogP contribution in [0, 0.1) is 11.6 Å². The predicted molar refractivity (Wildman–Crippen MR) is 69.9 cm³/mol. The zero-order valence-electron chi connectivity index (χ0n) is 10.9. The first-order valence-corrected chi connectivity index (χ1v) is 6.29. The van der Waals surface area contributed by atoms with E-state index in [1.165, 1.54) is 12.1 Å². The van der Waals surface area contributed by atoms with E-state index in [9.17, 15) is 8.78 Å². The lowest BCUT2D eigenvalue weighted by Crippen LogP contribution is -2.12. The van der Waals surface area contributed by atoms with Crippen molar-refractivity contribution in [3.8, 4) is 0 Å². The number of benzene rings is 1. The second kappa shape index (κ2) is 6.43. The number of nitrogens with zero attached hydrogens (tertiary/aromatic N) is 2. The summed E-state index contributed by atoms with van der Waals surface area (Å²) in [7, 11) is 1.91. The number of aryl methyl sites for hydroxylation is 1. The molecular weight excluding hydrogens is 248 g/mol. The summed E-state index contributed by atoms with van der Waals surface area (Å²) in [4.78, 5) is 4.24. The fraction of sp³-hybridized carbons (Fsp3) is 0.357. The van der Waals surface area contributed by atoms with E-state index in [2.05, 4.69) is 10.3 Å². The third kappa shape index (κ3) is 3.61. The molecular formula is C14H17F2N3. The summed E-state index contributed by atoms with van der Waals surface area (Å²) in [5, 5.41) is 3.08. The SMILES string of the molecule is CNCCCn1ccnc1Cc1ccc(F)cc1F. The van der Waals surface area contributed by atoms with Crippen molar-refractivity contribution in [2.45, 2.75) is 19.4 Å². The van der Waals surface area contributed by atoms with Crippen molar-refractivity contribution >= 4 is 0 Å². The lowest BCUT2D eigenvalue weighted by Gasteiger charge is -2.08. The van der Waals surface area contributed by atoms with Crippen LogP contribution in [0.4, 0.5) is 8.78 Å². The Morgan fingerprint density at radius 1 is 1.32 bits per heavy atom. The van der Waals surface area contributed by atoms with Crippen LogP contribution in [0.5, 0.6) is 0 Å². The van der Waals surface area contributed by atoms with Gasteiger partial charge in [-0.25, -0.2) is 13.8 Å². The highest BCUT2D eigenvalue weighted by Gasteiger charge is 2.08. The van der Waals surface area contributed by atoms with E-state index in [1.807, 2.05) is 17.8 Å². The van der Waals surface area contributed by atoms with Crippen LogP contribution in [-0.2, 0) is 13.0 Å². The number of aromatic nitrogens is 2. The Labute approximate surface area is 111 Å². The van der Waals surface area contributed by atoms with Gasteiger partial charge in [-0.2, -0.15) is 0 Å². The molecule has 0 radical (unpaired) electrons. The fourth-order valence-corrected chi connectivity index (χ4v) is 1.97. The van der Waals surface area contributed by atoms with Crippen molar-refractivity contribution < 1.29 is 8.78 Å². The van der Waals surface area contributed by atoms with Crippen LogP contribution in [0.25, 0.3) is 0 Å². The van der Waals surface area contributed by atoms with Crippen LogP contribution in [-0.4, -0.2) is 23.1 Å². The number of halogens is 2. The van der Waals surface area contributed by atoms with Crippen LogP contribution in [0.15, 0.2) is 30.6 Å². The quantitative estimate of drug-likeness (QED) is 0.813. The van der Waals surface area contributed by atoms with Gasteiger partial charge in [0, 0.05) is 31.4 Å². The Bertz CT molecular complexity index is 537. The van der Waals surface area contributed by atoms with Gasteiger partial charge >= 0.3 is 0 Å².